The number of pyridine rings is 1. The van der Waals surface area contributed by atoms with Crippen LogP contribution in [0.4, 0.5) is 10.1 Å². The maximum Gasteiger partial charge on any atom is 0.350 e. The van der Waals surface area contributed by atoms with Gasteiger partial charge < -0.3 is 5.32 Å². The van der Waals surface area contributed by atoms with Gasteiger partial charge in [-0.05, 0) is 30.3 Å². The third-order valence-corrected chi connectivity index (χ3v) is 2.89. The van der Waals surface area contributed by atoms with Gasteiger partial charge in [0, 0.05) is 11.9 Å². The van der Waals surface area contributed by atoms with Crippen molar-refractivity contribution in [3.63, 3.8) is 0 Å². The van der Waals surface area contributed by atoms with Crippen molar-refractivity contribution in [3.8, 4) is 0 Å². The van der Waals surface area contributed by atoms with Gasteiger partial charge in [0.15, 0.2) is 5.65 Å². The number of amides is 1. The van der Waals surface area contributed by atoms with Crippen molar-refractivity contribution in [2.24, 2.45) is 0 Å². The van der Waals surface area contributed by atoms with Crippen LogP contribution in [0.1, 0.15) is 0 Å². The summed E-state index contributed by atoms with van der Waals surface area (Å²) in [5, 5.41) is 6.56. The van der Waals surface area contributed by atoms with E-state index < -0.39 is 17.4 Å². The minimum atomic E-state index is -0.453. The molecule has 0 saturated heterocycles. The van der Waals surface area contributed by atoms with E-state index in [1.807, 2.05) is 0 Å². The number of anilines is 1. The third-order valence-electron chi connectivity index (χ3n) is 2.89. The lowest BCUT2D eigenvalue weighted by molar-refractivity contribution is -0.117. The summed E-state index contributed by atoms with van der Waals surface area (Å²) in [6.07, 6.45) is 1.58. The highest BCUT2D eigenvalue weighted by Crippen LogP contribution is 2.08. The van der Waals surface area contributed by atoms with Crippen LogP contribution in [0.3, 0.4) is 0 Å². The number of nitrogens with zero attached hydrogens (tertiary/aromatic N) is 3. The summed E-state index contributed by atoms with van der Waals surface area (Å²) in [7, 11) is 0. The molecule has 0 radical (unpaired) electrons. The SMILES string of the molecule is O=C(Cn1nc2ccccn2c1=O)Nc1cccc(F)c1. The summed E-state index contributed by atoms with van der Waals surface area (Å²) in [6, 6.07) is 10.6. The molecule has 3 aromatic rings. The van der Waals surface area contributed by atoms with Crippen LogP contribution < -0.4 is 11.0 Å². The molecule has 0 aliphatic heterocycles. The van der Waals surface area contributed by atoms with E-state index in [9.17, 15) is 14.0 Å². The number of fused-ring (bicyclic) bond motifs is 1. The van der Waals surface area contributed by atoms with E-state index in [0.717, 1.165) is 4.68 Å². The molecule has 0 saturated carbocycles. The molecule has 1 amide bonds. The van der Waals surface area contributed by atoms with Crippen molar-refractivity contribution in [3.05, 3.63) is 65.0 Å². The Balaban J connectivity index is 1.80. The molecular formula is C14H11FN4O2. The topological polar surface area (TPSA) is 68.4 Å². The fourth-order valence-electron chi connectivity index (χ4n) is 1.97. The molecule has 3 rings (SSSR count). The standard InChI is InChI=1S/C14H11FN4O2/c15-10-4-3-5-11(8-10)16-13(20)9-19-14(21)18-7-2-1-6-12(18)17-19/h1-8H,9H2,(H,16,20). The minimum absolute atomic E-state index is 0.239. The van der Waals surface area contributed by atoms with Gasteiger partial charge in [-0.1, -0.05) is 12.1 Å². The van der Waals surface area contributed by atoms with E-state index in [1.54, 1.807) is 30.5 Å². The Morgan fingerprint density at radius 2 is 2.10 bits per heavy atom. The number of nitrogens with one attached hydrogen (secondary N) is 1. The van der Waals surface area contributed by atoms with Crippen LogP contribution in [0.15, 0.2) is 53.5 Å². The molecule has 1 N–H and O–H groups in total. The number of rotatable bonds is 3. The van der Waals surface area contributed by atoms with Crippen LogP contribution in [-0.2, 0) is 11.3 Å². The normalized spacial score (nSPS) is 10.7. The van der Waals surface area contributed by atoms with Crippen LogP contribution in [0.25, 0.3) is 5.65 Å². The molecule has 6 nitrogen and oxygen atoms in total. The molecular weight excluding hydrogens is 275 g/mol. The summed E-state index contributed by atoms with van der Waals surface area (Å²) in [6.45, 7) is -0.239. The molecule has 2 aromatic heterocycles. The lowest BCUT2D eigenvalue weighted by Crippen LogP contribution is -2.28. The summed E-state index contributed by atoms with van der Waals surface area (Å²) in [5.41, 5.74) is 0.387. The van der Waals surface area contributed by atoms with E-state index in [1.165, 1.54) is 22.6 Å². The molecule has 106 valence electrons. The van der Waals surface area contributed by atoms with E-state index in [0.29, 0.717) is 11.3 Å². The molecule has 0 spiro atoms. The fourth-order valence-corrected chi connectivity index (χ4v) is 1.97. The zero-order valence-corrected chi connectivity index (χ0v) is 10.9. The number of hydrogen-bond donors (Lipinski definition) is 1. The average Bonchev–Trinajstić information content (AvgIpc) is 2.76. The van der Waals surface area contributed by atoms with Gasteiger partial charge in [0.05, 0.1) is 0 Å². The van der Waals surface area contributed by atoms with E-state index in [4.69, 9.17) is 0 Å². The highest BCUT2D eigenvalue weighted by molar-refractivity contribution is 5.90. The first-order valence-corrected chi connectivity index (χ1v) is 6.23. The molecule has 0 atom stereocenters. The van der Waals surface area contributed by atoms with Crippen molar-refractivity contribution in [2.75, 3.05) is 5.32 Å². The van der Waals surface area contributed by atoms with Crippen molar-refractivity contribution in [1.82, 2.24) is 14.2 Å². The predicted octanol–water partition coefficient (Wildman–Crippen LogP) is 1.27. The lowest BCUT2D eigenvalue weighted by Gasteiger charge is -2.04. The second kappa shape index (κ2) is 5.20. The molecule has 0 unspecified atom stereocenters. The third kappa shape index (κ3) is 2.66. The summed E-state index contributed by atoms with van der Waals surface area (Å²) < 4.78 is 15.4. The Morgan fingerprint density at radius 3 is 2.86 bits per heavy atom. The number of benzene rings is 1. The molecule has 21 heavy (non-hydrogen) atoms. The first kappa shape index (κ1) is 13.0. The maximum absolute atomic E-state index is 13.0. The maximum atomic E-state index is 13.0. The van der Waals surface area contributed by atoms with E-state index in [-0.39, 0.29) is 6.54 Å². The zero-order chi connectivity index (χ0) is 14.8. The highest BCUT2D eigenvalue weighted by atomic mass is 19.1. The van der Waals surface area contributed by atoms with Crippen LogP contribution in [0.5, 0.6) is 0 Å². The number of halogens is 1. The second-order valence-corrected chi connectivity index (χ2v) is 4.43. The van der Waals surface area contributed by atoms with Crippen molar-refractivity contribution >= 4 is 17.2 Å². The Kier molecular flexibility index (Phi) is 3.23. The molecule has 2 heterocycles. The average molecular weight is 286 g/mol. The van der Waals surface area contributed by atoms with Crippen LogP contribution in [0.2, 0.25) is 0 Å². The van der Waals surface area contributed by atoms with Gasteiger partial charge in [0.1, 0.15) is 12.4 Å². The Labute approximate surface area is 118 Å². The molecule has 0 fully saturated rings. The largest absolute Gasteiger partial charge is 0.350 e. The van der Waals surface area contributed by atoms with Crippen LogP contribution in [-0.4, -0.2) is 20.1 Å². The monoisotopic (exact) mass is 286 g/mol. The fraction of sp³-hybridized carbons (Fsp3) is 0.0714. The summed E-state index contributed by atoms with van der Waals surface area (Å²) in [4.78, 5) is 23.9. The van der Waals surface area contributed by atoms with Gasteiger partial charge >= 0.3 is 5.69 Å². The van der Waals surface area contributed by atoms with Gasteiger partial charge in [-0.2, -0.15) is 0 Å². The summed E-state index contributed by atoms with van der Waals surface area (Å²) >= 11 is 0. The van der Waals surface area contributed by atoms with Crippen molar-refractivity contribution in [2.45, 2.75) is 6.54 Å². The van der Waals surface area contributed by atoms with Crippen molar-refractivity contribution in [1.29, 1.82) is 0 Å². The lowest BCUT2D eigenvalue weighted by atomic mass is 10.3. The van der Waals surface area contributed by atoms with Crippen LogP contribution >= 0.6 is 0 Å². The number of carbonyl (C=O) groups excluding carboxylic acids is 1. The molecule has 0 aliphatic carbocycles. The predicted molar refractivity (Wildman–Crippen MR) is 74.5 cm³/mol. The van der Waals surface area contributed by atoms with Crippen LogP contribution in [0, 0.1) is 5.82 Å². The minimum Gasteiger partial charge on any atom is -0.324 e. The van der Waals surface area contributed by atoms with E-state index >= 15 is 0 Å². The zero-order valence-electron chi connectivity index (χ0n) is 10.9. The van der Waals surface area contributed by atoms with Gasteiger partial charge in [-0.15, -0.1) is 5.10 Å². The Morgan fingerprint density at radius 1 is 1.24 bits per heavy atom. The first-order valence-electron chi connectivity index (χ1n) is 6.23. The summed E-state index contributed by atoms with van der Waals surface area (Å²) in [5.74, 6) is -0.899. The number of carbonyl (C=O) groups is 1. The Bertz CT molecular complexity index is 869. The van der Waals surface area contributed by atoms with Crippen molar-refractivity contribution < 1.29 is 9.18 Å². The Hall–Kier alpha value is -2.96. The molecule has 1 aromatic carbocycles. The molecule has 7 heteroatoms. The highest BCUT2D eigenvalue weighted by Gasteiger charge is 2.10. The van der Waals surface area contributed by atoms with Gasteiger partial charge in [-0.25, -0.2) is 13.9 Å². The number of aromatic nitrogens is 3. The first-order chi connectivity index (χ1) is 10.1. The molecule has 0 bridgehead atoms. The quantitative estimate of drug-likeness (QED) is 0.788. The smallest absolute Gasteiger partial charge is 0.324 e. The van der Waals surface area contributed by atoms with Gasteiger partial charge in [-0.3, -0.25) is 9.20 Å². The van der Waals surface area contributed by atoms with E-state index in [2.05, 4.69) is 10.4 Å². The second-order valence-electron chi connectivity index (χ2n) is 4.43. The van der Waals surface area contributed by atoms with Gasteiger partial charge in [0.25, 0.3) is 0 Å². The van der Waals surface area contributed by atoms with Gasteiger partial charge in [0.2, 0.25) is 5.91 Å². The number of hydrogen-bond acceptors (Lipinski definition) is 3. The molecule has 0 aliphatic rings.